The minimum atomic E-state index is -1.03. The second-order valence-electron chi connectivity index (χ2n) is 8.73. The molecule has 3 rings (SSSR count). The first kappa shape index (κ1) is 26.8. The normalized spacial score (nSPS) is 18.2. The molecule has 3 atom stereocenters. The van der Waals surface area contributed by atoms with Gasteiger partial charge in [0.1, 0.15) is 0 Å². The monoisotopic (exact) mass is 515 g/mol. The first-order chi connectivity index (χ1) is 16.1. The highest BCUT2D eigenvalue weighted by Crippen LogP contribution is 2.28. The Morgan fingerprint density at radius 2 is 1.94 bits per heavy atom. The van der Waals surface area contributed by atoms with Crippen LogP contribution in [0, 0.1) is 11.6 Å². The molecule has 0 radical (unpaired) electrons. The number of β-amino-alcohol motifs (C(OH)–C–C–N with tert-alkyl or cyclic N) is 1. The molecule has 1 fully saturated rings. The van der Waals surface area contributed by atoms with Crippen molar-refractivity contribution in [1.82, 2.24) is 4.90 Å². The van der Waals surface area contributed by atoms with Gasteiger partial charge in [0.2, 0.25) is 0 Å². The fourth-order valence-corrected chi connectivity index (χ4v) is 4.73. The van der Waals surface area contributed by atoms with Crippen LogP contribution in [0.2, 0.25) is 10.0 Å². The molecule has 1 heterocycles. The number of hydrogen-bond acceptors (Lipinski definition) is 4. The van der Waals surface area contributed by atoms with E-state index in [4.69, 9.17) is 33.0 Å². The number of benzene rings is 2. The third kappa shape index (κ3) is 7.36. The summed E-state index contributed by atoms with van der Waals surface area (Å²) in [4.78, 5) is 13.1. The summed E-state index contributed by atoms with van der Waals surface area (Å²) >= 11 is 12.1. The number of ether oxygens (including phenoxy) is 1. The maximum absolute atomic E-state index is 13.8. The average Bonchev–Trinajstić information content (AvgIpc) is 3.21. The SMILES string of the molecule is C[C@@H](OC[C@@H](O)CN1CCC[C@H]1Cc1ccc(Cl)c(Cl)c1)c1cc(F)c(F)cc1CCC(=O)O. The molecule has 2 aromatic rings. The fraction of sp³-hybridized carbons (Fsp3) is 0.480. The van der Waals surface area contributed by atoms with Crippen LogP contribution in [0.15, 0.2) is 30.3 Å². The van der Waals surface area contributed by atoms with Gasteiger partial charge in [-0.2, -0.15) is 0 Å². The summed E-state index contributed by atoms with van der Waals surface area (Å²) in [7, 11) is 0. The van der Waals surface area contributed by atoms with Crippen LogP contribution in [0.1, 0.15) is 49.0 Å². The van der Waals surface area contributed by atoms with Crippen LogP contribution in [-0.2, 0) is 22.4 Å². The predicted molar refractivity (Wildman–Crippen MR) is 127 cm³/mol. The summed E-state index contributed by atoms with van der Waals surface area (Å²) in [5, 5.41) is 20.6. The minimum Gasteiger partial charge on any atom is -0.481 e. The summed E-state index contributed by atoms with van der Waals surface area (Å²) in [5.74, 6) is -3.08. The second kappa shape index (κ2) is 12.3. The van der Waals surface area contributed by atoms with Gasteiger partial charge in [0, 0.05) is 19.0 Å². The smallest absolute Gasteiger partial charge is 0.303 e. The lowest BCUT2D eigenvalue weighted by molar-refractivity contribution is -0.136. The van der Waals surface area contributed by atoms with E-state index in [-0.39, 0.29) is 25.5 Å². The molecule has 1 saturated heterocycles. The van der Waals surface area contributed by atoms with E-state index in [1.807, 2.05) is 12.1 Å². The van der Waals surface area contributed by atoms with Crippen molar-refractivity contribution < 1.29 is 28.5 Å². The molecule has 1 aliphatic heterocycles. The molecule has 34 heavy (non-hydrogen) atoms. The molecular weight excluding hydrogens is 487 g/mol. The molecule has 0 aliphatic carbocycles. The third-order valence-electron chi connectivity index (χ3n) is 6.17. The highest BCUT2D eigenvalue weighted by atomic mass is 35.5. The Morgan fingerprint density at radius 3 is 2.65 bits per heavy atom. The highest BCUT2D eigenvalue weighted by molar-refractivity contribution is 6.42. The summed E-state index contributed by atoms with van der Waals surface area (Å²) in [5.41, 5.74) is 1.84. The zero-order valence-electron chi connectivity index (χ0n) is 18.9. The van der Waals surface area contributed by atoms with Crippen molar-refractivity contribution in [3.05, 3.63) is 68.7 Å². The maximum Gasteiger partial charge on any atom is 0.303 e. The van der Waals surface area contributed by atoms with Crippen molar-refractivity contribution >= 4 is 29.2 Å². The van der Waals surface area contributed by atoms with Crippen LogP contribution in [0.25, 0.3) is 0 Å². The van der Waals surface area contributed by atoms with Crippen LogP contribution in [0.3, 0.4) is 0 Å². The lowest BCUT2D eigenvalue weighted by atomic mass is 9.98. The number of carbonyl (C=O) groups is 1. The van der Waals surface area contributed by atoms with Gasteiger partial charge >= 0.3 is 5.97 Å². The quantitative estimate of drug-likeness (QED) is 0.417. The van der Waals surface area contributed by atoms with Crippen LogP contribution in [-0.4, -0.2) is 52.9 Å². The van der Waals surface area contributed by atoms with Crippen molar-refractivity contribution in [3.63, 3.8) is 0 Å². The highest BCUT2D eigenvalue weighted by Gasteiger charge is 2.27. The number of aliphatic hydroxyl groups excluding tert-OH is 1. The molecule has 0 unspecified atom stereocenters. The van der Waals surface area contributed by atoms with Gasteiger partial charge < -0.3 is 14.9 Å². The van der Waals surface area contributed by atoms with Crippen LogP contribution >= 0.6 is 23.2 Å². The summed E-state index contributed by atoms with van der Waals surface area (Å²) in [6, 6.07) is 7.92. The van der Waals surface area contributed by atoms with E-state index in [9.17, 15) is 18.7 Å². The van der Waals surface area contributed by atoms with Gasteiger partial charge in [0.15, 0.2) is 11.6 Å². The van der Waals surface area contributed by atoms with Crippen molar-refractivity contribution in [1.29, 1.82) is 0 Å². The number of likely N-dealkylation sites (tertiary alicyclic amines) is 1. The lowest BCUT2D eigenvalue weighted by Crippen LogP contribution is -2.39. The Bertz CT molecular complexity index is 1010. The van der Waals surface area contributed by atoms with E-state index in [1.165, 1.54) is 0 Å². The molecule has 2 aromatic carbocycles. The topological polar surface area (TPSA) is 70.0 Å². The number of hydrogen-bond donors (Lipinski definition) is 2. The lowest BCUT2D eigenvalue weighted by Gasteiger charge is -2.28. The Kier molecular flexibility index (Phi) is 9.68. The van der Waals surface area contributed by atoms with E-state index < -0.39 is 29.8 Å². The summed E-state index contributed by atoms with van der Waals surface area (Å²) < 4.78 is 33.3. The van der Waals surface area contributed by atoms with Gasteiger partial charge in [0.05, 0.1) is 28.9 Å². The number of halogens is 4. The van der Waals surface area contributed by atoms with Crippen molar-refractivity contribution in [2.45, 2.75) is 57.3 Å². The van der Waals surface area contributed by atoms with E-state index >= 15 is 0 Å². The zero-order chi connectivity index (χ0) is 24.8. The van der Waals surface area contributed by atoms with E-state index in [0.717, 1.165) is 43.5 Å². The molecule has 0 aromatic heterocycles. The van der Waals surface area contributed by atoms with Gasteiger partial charge in [-0.1, -0.05) is 29.3 Å². The Balaban J connectivity index is 1.56. The first-order valence-corrected chi connectivity index (χ1v) is 12.1. The molecule has 9 heteroatoms. The molecule has 0 saturated carbocycles. The van der Waals surface area contributed by atoms with Crippen molar-refractivity contribution in [2.24, 2.45) is 0 Å². The van der Waals surface area contributed by atoms with Gasteiger partial charge in [-0.25, -0.2) is 8.78 Å². The largest absolute Gasteiger partial charge is 0.481 e. The van der Waals surface area contributed by atoms with Gasteiger partial charge in [-0.15, -0.1) is 0 Å². The van der Waals surface area contributed by atoms with E-state index in [2.05, 4.69) is 4.90 Å². The van der Waals surface area contributed by atoms with Gasteiger partial charge in [-0.3, -0.25) is 9.69 Å². The Morgan fingerprint density at radius 1 is 1.21 bits per heavy atom. The minimum absolute atomic E-state index is 0.00846. The molecule has 0 spiro atoms. The Hall–Kier alpha value is -1.77. The van der Waals surface area contributed by atoms with Crippen LogP contribution < -0.4 is 0 Å². The zero-order valence-corrected chi connectivity index (χ0v) is 20.5. The average molecular weight is 516 g/mol. The molecule has 0 amide bonds. The number of carboxylic acids is 1. The van der Waals surface area contributed by atoms with Gasteiger partial charge in [-0.05, 0) is 80.1 Å². The van der Waals surface area contributed by atoms with E-state index in [1.54, 1.807) is 13.0 Å². The number of aliphatic carboxylic acids is 1. The molecule has 5 nitrogen and oxygen atoms in total. The van der Waals surface area contributed by atoms with Crippen molar-refractivity contribution in [3.8, 4) is 0 Å². The standard InChI is InChI=1S/C25H29Cl2F2NO4/c1-15(20-12-24(29)23(28)11-17(20)5-7-25(32)33)34-14-19(31)13-30-8-2-3-18(30)9-16-4-6-21(26)22(27)10-16/h4,6,10-12,15,18-19,31H,2-3,5,7-9,13-14H2,1H3,(H,32,33)/t15-,18+,19+/m1/s1. The first-order valence-electron chi connectivity index (χ1n) is 11.3. The fourth-order valence-electron chi connectivity index (χ4n) is 4.41. The maximum atomic E-state index is 13.8. The van der Waals surface area contributed by atoms with Crippen LogP contribution in [0.4, 0.5) is 8.78 Å². The summed E-state index contributed by atoms with van der Waals surface area (Å²) in [6.45, 7) is 2.96. The molecule has 2 N–H and O–H groups in total. The van der Waals surface area contributed by atoms with Crippen molar-refractivity contribution in [2.75, 3.05) is 19.7 Å². The molecule has 1 aliphatic rings. The third-order valence-corrected chi connectivity index (χ3v) is 6.91. The second-order valence-corrected chi connectivity index (χ2v) is 9.55. The molecular formula is C25H29Cl2F2NO4. The summed E-state index contributed by atoms with van der Waals surface area (Å²) in [6.07, 6.45) is 1.26. The van der Waals surface area contributed by atoms with Crippen LogP contribution in [0.5, 0.6) is 0 Å². The predicted octanol–water partition coefficient (Wildman–Crippen LogP) is 5.43. The van der Waals surface area contributed by atoms with E-state index in [0.29, 0.717) is 27.7 Å². The Labute approximate surface area is 208 Å². The number of rotatable bonds is 11. The number of aliphatic hydroxyl groups is 1. The molecule has 0 bridgehead atoms. The molecule has 186 valence electrons. The number of carboxylic acid groups (broad SMARTS) is 1. The van der Waals surface area contributed by atoms with Gasteiger partial charge in [0.25, 0.3) is 0 Å². The number of nitrogens with zero attached hydrogens (tertiary/aromatic N) is 1. The number of aryl methyl sites for hydroxylation is 1.